The zero-order valence-corrected chi connectivity index (χ0v) is 21.9. The standard InChI is InChI=1S/C22H37N5O8S.CH4/c1-4-34-21(32)25-10-7-6-8-15(26-22(33)35-5-2)19(30)24-12-11-23-17(28)9-13-27-18(29)14-16(36-3)20(27)31;/h15-16H,4-14H2,1-3H3,(H,23,28)(H,24,30)(H,25,32)(H,26,33);1H4. The lowest BCUT2D eigenvalue weighted by Crippen LogP contribution is -2.48. The Morgan fingerprint density at radius 2 is 1.62 bits per heavy atom. The summed E-state index contributed by atoms with van der Waals surface area (Å²) in [5.41, 5.74) is 0. The molecule has 2 unspecified atom stereocenters. The van der Waals surface area contributed by atoms with Gasteiger partial charge in [0.2, 0.25) is 23.6 Å². The second kappa shape index (κ2) is 19.1. The van der Waals surface area contributed by atoms with Crippen LogP contribution < -0.4 is 21.3 Å². The Morgan fingerprint density at radius 1 is 0.973 bits per heavy atom. The first-order chi connectivity index (χ1) is 17.2. The van der Waals surface area contributed by atoms with Crippen LogP contribution in [-0.2, 0) is 28.7 Å². The van der Waals surface area contributed by atoms with Gasteiger partial charge in [0, 0.05) is 39.0 Å². The fourth-order valence-electron chi connectivity index (χ4n) is 3.31. The minimum Gasteiger partial charge on any atom is -0.450 e. The highest BCUT2D eigenvalue weighted by atomic mass is 32.2. The molecule has 37 heavy (non-hydrogen) atoms. The summed E-state index contributed by atoms with van der Waals surface area (Å²) in [6, 6.07) is -0.848. The van der Waals surface area contributed by atoms with Gasteiger partial charge in [-0.15, -0.1) is 0 Å². The highest BCUT2D eigenvalue weighted by Crippen LogP contribution is 2.22. The number of nitrogens with one attached hydrogen (secondary N) is 4. The van der Waals surface area contributed by atoms with Gasteiger partial charge < -0.3 is 30.7 Å². The molecule has 0 bridgehead atoms. The molecule has 0 aliphatic carbocycles. The third-order valence-electron chi connectivity index (χ3n) is 5.14. The Bertz CT molecular complexity index is 782. The lowest BCUT2D eigenvalue weighted by atomic mass is 10.1. The maximum atomic E-state index is 12.5. The maximum absolute atomic E-state index is 12.5. The normalized spacial score (nSPS) is 15.3. The van der Waals surface area contributed by atoms with Crippen molar-refractivity contribution in [3.8, 4) is 0 Å². The molecule has 1 fully saturated rings. The van der Waals surface area contributed by atoms with Crippen LogP contribution >= 0.6 is 11.8 Å². The molecule has 212 valence electrons. The number of unbranched alkanes of at least 4 members (excludes halogenated alkanes) is 1. The Morgan fingerprint density at radius 3 is 2.24 bits per heavy atom. The van der Waals surface area contributed by atoms with Crippen LogP contribution in [-0.4, -0.2) is 97.7 Å². The molecule has 14 heteroatoms. The summed E-state index contributed by atoms with van der Waals surface area (Å²) in [5, 5.41) is 9.98. The zero-order valence-electron chi connectivity index (χ0n) is 21.1. The highest BCUT2D eigenvalue weighted by molar-refractivity contribution is 8.00. The molecule has 6 amide bonds. The van der Waals surface area contributed by atoms with Gasteiger partial charge in [-0.3, -0.25) is 24.1 Å². The number of likely N-dealkylation sites (tertiary alicyclic amines) is 1. The van der Waals surface area contributed by atoms with Crippen LogP contribution in [0.3, 0.4) is 0 Å². The van der Waals surface area contributed by atoms with E-state index in [1.165, 1.54) is 11.8 Å². The summed E-state index contributed by atoms with van der Waals surface area (Å²) in [4.78, 5) is 72.8. The number of carbonyl (C=O) groups excluding carboxylic acids is 6. The molecule has 0 spiro atoms. The second-order valence-electron chi connectivity index (χ2n) is 7.76. The highest BCUT2D eigenvalue weighted by Gasteiger charge is 2.37. The van der Waals surface area contributed by atoms with Crippen LogP contribution in [0.5, 0.6) is 0 Å². The number of hydrogen-bond donors (Lipinski definition) is 4. The molecule has 1 heterocycles. The van der Waals surface area contributed by atoms with Crippen molar-refractivity contribution >= 4 is 47.6 Å². The van der Waals surface area contributed by atoms with Crippen LogP contribution in [0.15, 0.2) is 0 Å². The third kappa shape index (κ3) is 13.2. The Hall–Kier alpha value is -3.03. The van der Waals surface area contributed by atoms with E-state index in [4.69, 9.17) is 9.47 Å². The van der Waals surface area contributed by atoms with E-state index >= 15 is 0 Å². The van der Waals surface area contributed by atoms with E-state index in [-0.39, 0.29) is 76.1 Å². The van der Waals surface area contributed by atoms with Crippen molar-refractivity contribution < 1.29 is 38.2 Å². The first-order valence-electron chi connectivity index (χ1n) is 12.0. The van der Waals surface area contributed by atoms with Gasteiger partial charge in [0.15, 0.2) is 0 Å². The molecule has 0 aromatic heterocycles. The number of amides is 6. The van der Waals surface area contributed by atoms with Gasteiger partial charge in [-0.05, 0) is 39.4 Å². The Balaban J connectivity index is 0.0000130. The lowest BCUT2D eigenvalue weighted by molar-refractivity contribution is -0.138. The van der Waals surface area contributed by atoms with Gasteiger partial charge in [0.05, 0.1) is 18.5 Å². The van der Waals surface area contributed by atoms with Crippen LogP contribution in [0.1, 0.15) is 53.4 Å². The molecule has 1 aliphatic rings. The molecule has 13 nitrogen and oxygen atoms in total. The van der Waals surface area contributed by atoms with Crippen molar-refractivity contribution in [2.45, 2.75) is 64.7 Å². The first-order valence-corrected chi connectivity index (χ1v) is 13.3. The summed E-state index contributed by atoms with van der Waals surface area (Å²) in [6.07, 6.45) is 2.08. The van der Waals surface area contributed by atoms with Gasteiger partial charge in [0.1, 0.15) is 6.04 Å². The monoisotopic (exact) mass is 547 g/mol. The van der Waals surface area contributed by atoms with Crippen molar-refractivity contribution in [1.29, 1.82) is 0 Å². The number of ether oxygens (including phenoxy) is 2. The van der Waals surface area contributed by atoms with E-state index in [1.54, 1.807) is 20.1 Å². The molecule has 4 N–H and O–H groups in total. The molecule has 1 saturated heterocycles. The number of thioether (sulfide) groups is 1. The van der Waals surface area contributed by atoms with Crippen LogP contribution in [0.4, 0.5) is 9.59 Å². The van der Waals surface area contributed by atoms with Gasteiger partial charge in [-0.1, -0.05) is 7.43 Å². The number of hydrogen-bond acceptors (Lipinski definition) is 9. The Kier molecular flexibility index (Phi) is 17.6. The van der Waals surface area contributed by atoms with Crippen molar-refractivity contribution in [3.63, 3.8) is 0 Å². The van der Waals surface area contributed by atoms with Crippen LogP contribution in [0.2, 0.25) is 0 Å². The van der Waals surface area contributed by atoms with Crippen molar-refractivity contribution in [1.82, 2.24) is 26.2 Å². The summed E-state index contributed by atoms with van der Waals surface area (Å²) >= 11 is 1.31. The fourth-order valence-corrected chi connectivity index (χ4v) is 3.95. The van der Waals surface area contributed by atoms with E-state index in [2.05, 4.69) is 21.3 Å². The summed E-state index contributed by atoms with van der Waals surface area (Å²) in [6.45, 7) is 4.41. The second-order valence-corrected chi connectivity index (χ2v) is 8.80. The maximum Gasteiger partial charge on any atom is 0.407 e. The first kappa shape index (κ1) is 34.0. The number of alkyl carbamates (subject to hydrolysis) is 2. The molecule has 1 aliphatic heterocycles. The SMILES string of the molecule is C.CCOC(=O)NCCCCC(NC(=O)OCC)C(=O)NCCNC(=O)CCN1C(=O)CC(SC)C1=O. The van der Waals surface area contributed by atoms with Gasteiger partial charge in [-0.25, -0.2) is 9.59 Å². The molecule has 0 aromatic carbocycles. The average Bonchev–Trinajstić information content (AvgIpc) is 3.11. The Labute approximate surface area is 222 Å². The predicted molar refractivity (Wildman–Crippen MR) is 139 cm³/mol. The predicted octanol–water partition coefficient (Wildman–Crippen LogP) is 0.767. The van der Waals surface area contributed by atoms with Gasteiger partial charge >= 0.3 is 12.2 Å². The number of carbonyl (C=O) groups is 6. The third-order valence-corrected chi connectivity index (χ3v) is 6.08. The molecule has 0 saturated carbocycles. The van der Waals surface area contributed by atoms with Crippen molar-refractivity contribution in [2.75, 3.05) is 45.6 Å². The number of rotatable bonds is 16. The molecule has 1 rings (SSSR count). The van der Waals surface area contributed by atoms with Crippen LogP contribution in [0.25, 0.3) is 0 Å². The van der Waals surface area contributed by atoms with Crippen LogP contribution in [0, 0.1) is 0 Å². The number of nitrogens with zero attached hydrogens (tertiary/aromatic N) is 1. The smallest absolute Gasteiger partial charge is 0.407 e. The average molecular weight is 548 g/mol. The summed E-state index contributed by atoms with van der Waals surface area (Å²) in [5.74, 6) is -1.35. The van der Waals surface area contributed by atoms with Gasteiger partial charge in [0.25, 0.3) is 0 Å². The van der Waals surface area contributed by atoms with E-state index in [1.807, 2.05) is 0 Å². The van der Waals surface area contributed by atoms with Crippen molar-refractivity contribution in [2.24, 2.45) is 0 Å². The van der Waals surface area contributed by atoms with E-state index in [0.29, 0.717) is 25.8 Å². The van der Waals surface area contributed by atoms with E-state index in [0.717, 1.165) is 4.90 Å². The zero-order chi connectivity index (χ0) is 26.9. The summed E-state index contributed by atoms with van der Waals surface area (Å²) < 4.78 is 9.62. The topological polar surface area (TPSA) is 172 Å². The molecular formula is C23H41N5O8S. The number of imide groups is 1. The largest absolute Gasteiger partial charge is 0.450 e. The lowest BCUT2D eigenvalue weighted by Gasteiger charge is -2.18. The molecule has 0 aromatic rings. The van der Waals surface area contributed by atoms with E-state index in [9.17, 15) is 28.8 Å². The van der Waals surface area contributed by atoms with Gasteiger partial charge in [-0.2, -0.15) is 11.8 Å². The summed E-state index contributed by atoms with van der Waals surface area (Å²) in [7, 11) is 0. The van der Waals surface area contributed by atoms with Crippen molar-refractivity contribution in [3.05, 3.63) is 0 Å². The molecular weight excluding hydrogens is 506 g/mol. The van der Waals surface area contributed by atoms with E-state index < -0.39 is 24.1 Å². The molecule has 2 atom stereocenters. The minimum atomic E-state index is -0.848. The quantitative estimate of drug-likeness (QED) is 0.161. The molecule has 0 radical (unpaired) electrons. The fraction of sp³-hybridized carbons (Fsp3) is 0.739. The minimum absolute atomic E-state index is 0.